The molecule has 4 rings (SSSR count). The molecule has 30 heavy (non-hydrogen) atoms. The standard InChI is InChI=1S/C24H22N2O3S/c1-2-29-22(28)16-26-20-14-13-18-10-6-7-11-19(18)23(20)30-24(26)25-21(27)15-12-17-8-4-3-5-9-17/h3-11,13-14H,2,12,15-16H2,1H3. The van der Waals surface area contributed by atoms with Gasteiger partial charge in [0.05, 0.1) is 16.8 Å². The van der Waals surface area contributed by atoms with E-state index in [1.807, 2.05) is 66.7 Å². The number of fused-ring (bicyclic) bond motifs is 3. The highest BCUT2D eigenvalue weighted by Crippen LogP contribution is 2.27. The summed E-state index contributed by atoms with van der Waals surface area (Å²) in [5.41, 5.74) is 1.98. The number of rotatable bonds is 6. The first-order valence-electron chi connectivity index (χ1n) is 9.94. The molecular formula is C24H22N2O3S. The van der Waals surface area contributed by atoms with Crippen molar-refractivity contribution in [3.63, 3.8) is 0 Å². The monoisotopic (exact) mass is 418 g/mol. The SMILES string of the molecule is CCOC(=O)Cn1c(=NC(=O)CCc2ccccc2)sc2c3ccccc3ccc21. The molecule has 5 nitrogen and oxygen atoms in total. The number of benzene rings is 3. The van der Waals surface area contributed by atoms with Crippen LogP contribution >= 0.6 is 11.3 Å². The Kier molecular flexibility index (Phi) is 6.05. The predicted octanol–water partition coefficient (Wildman–Crippen LogP) is 4.48. The summed E-state index contributed by atoms with van der Waals surface area (Å²) in [4.78, 5) is 29.7. The zero-order valence-electron chi connectivity index (χ0n) is 16.7. The number of carbonyl (C=O) groups excluding carboxylic acids is 2. The predicted molar refractivity (Wildman–Crippen MR) is 119 cm³/mol. The first-order valence-corrected chi connectivity index (χ1v) is 10.8. The molecule has 0 saturated carbocycles. The van der Waals surface area contributed by atoms with Crippen molar-refractivity contribution in [2.45, 2.75) is 26.3 Å². The Morgan fingerprint density at radius 2 is 1.77 bits per heavy atom. The Morgan fingerprint density at radius 1 is 1.00 bits per heavy atom. The molecule has 0 unspecified atom stereocenters. The number of thiazole rings is 1. The zero-order valence-corrected chi connectivity index (χ0v) is 17.5. The number of amides is 1. The van der Waals surface area contributed by atoms with Crippen LogP contribution in [0.5, 0.6) is 0 Å². The lowest BCUT2D eigenvalue weighted by molar-refractivity contribution is -0.143. The first kappa shape index (κ1) is 20.0. The van der Waals surface area contributed by atoms with E-state index >= 15 is 0 Å². The van der Waals surface area contributed by atoms with E-state index in [1.165, 1.54) is 11.3 Å². The maximum Gasteiger partial charge on any atom is 0.326 e. The van der Waals surface area contributed by atoms with Crippen LogP contribution < -0.4 is 4.80 Å². The van der Waals surface area contributed by atoms with Gasteiger partial charge in [-0.25, -0.2) is 0 Å². The van der Waals surface area contributed by atoms with E-state index in [2.05, 4.69) is 4.99 Å². The topological polar surface area (TPSA) is 60.7 Å². The highest BCUT2D eigenvalue weighted by Gasteiger charge is 2.14. The second-order valence-electron chi connectivity index (χ2n) is 6.90. The maximum absolute atomic E-state index is 12.6. The van der Waals surface area contributed by atoms with Crippen LogP contribution in [0.4, 0.5) is 0 Å². The molecule has 0 N–H and O–H groups in total. The van der Waals surface area contributed by atoms with Gasteiger partial charge in [0.2, 0.25) is 5.91 Å². The summed E-state index contributed by atoms with van der Waals surface area (Å²) in [6.07, 6.45) is 0.952. The van der Waals surface area contributed by atoms with Gasteiger partial charge in [0.1, 0.15) is 6.54 Å². The van der Waals surface area contributed by atoms with Crippen molar-refractivity contribution >= 4 is 44.2 Å². The van der Waals surface area contributed by atoms with E-state index in [-0.39, 0.29) is 18.4 Å². The molecule has 0 radical (unpaired) electrons. The zero-order chi connectivity index (χ0) is 20.9. The molecule has 6 heteroatoms. The molecule has 0 bridgehead atoms. The van der Waals surface area contributed by atoms with Crippen LogP contribution in [0.3, 0.4) is 0 Å². The lowest BCUT2D eigenvalue weighted by atomic mass is 10.1. The molecule has 1 aromatic heterocycles. The lowest BCUT2D eigenvalue weighted by Gasteiger charge is -2.06. The Hall–Kier alpha value is -3.25. The quantitative estimate of drug-likeness (QED) is 0.434. The molecule has 152 valence electrons. The van der Waals surface area contributed by atoms with Gasteiger partial charge in [0, 0.05) is 11.8 Å². The first-order chi connectivity index (χ1) is 14.7. The number of esters is 1. The minimum Gasteiger partial charge on any atom is -0.465 e. The second kappa shape index (κ2) is 9.05. The van der Waals surface area contributed by atoms with Gasteiger partial charge in [0.25, 0.3) is 0 Å². The van der Waals surface area contributed by atoms with Crippen molar-refractivity contribution in [1.29, 1.82) is 0 Å². The van der Waals surface area contributed by atoms with Crippen molar-refractivity contribution in [3.05, 3.63) is 77.1 Å². The summed E-state index contributed by atoms with van der Waals surface area (Å²) in [6, 6.07) is 21.9. The van der Waals surface area contributed by atoms with E-state index in [1.54, 1.807) is 11.5 Å². The van der Waals surface area contributed by atoms with E-state index in [0.29, 0.717) is 24.2 Å². The molecule has 0 atom stereocenters. The molecule has 0 aliphatic carbocycles. The number of ether oxygens (including phenoxy) is 1. The van der Waals surface area contributed by atoms with E-state index in [9.17, 15) is 9.59 Å². The van der Waals surface area contributed by atoms with Crippen molar-refractivity contribution in [2.75, 3.05) is 6.61 Å². The maximum atomic E-state index is 12.6. The summed E-state index contributed by atoms with van der Waals surface area (Å²) in [7, 11) is 0. The van der Waals surface area contributed by atoms with Crippen LogP contribution in [0.15, 0.2) is 71.7 Å². The molecular weight excluding hydrogens is 396 g/mol. The average molecular weight is 419 g/mol. The Bertz CT molecular complexity index is 1270. The van der Waals surface area contributed by atoms with Gasteiger partial charge in [-0.05, 0) is 30.4 Å². The average Bonchev–Trinajstić information content (AvgIpc) is 3.10. The number of hydrogen-bond acceptors (Lipinski definition) is 4. The fourth-order valence-corrected chi connectivity index (χ4v) is 4.61. The van der Waals surface area contributed by atoms with Gasteiger partial charge in [0.15, 0.2) is 4.80 Å². The summed E-state index contributed by atoms with van der Waals surface area (Å²) in [5, 5.41) is 2.19. The summed E-state index contributed by atoms with van der Waals surface area (Å²) >= 11 is 1.43. The van der Waals surface area contributed by atoms with Crippen LogP contribution in [-0.4, -0.2) is 23.1 Å². The molecule has 0 aliphatic rings. The molecule has 1 heterocycles. The smallest absolute Gasteiger partial charge is 0.326 e. The van der Waals surface area contributed by atoms with Gasteiger partial charge in [-0.2, -0.15) is 4.99 Å². The summed E-state index contributed by atoms with van der Waals surface area (Å²) < 4.78 is 7.92. The lowest BCUT2D eigenvalue weighted by Crippen LogP contribution is -2.23. The summed E-state index contributed by atoms with van der Waals surface area (Å²) in [6.45, 7) is 2.12. The molecule has 1 amide bonds. The third kappa shape index (κ3) is 4.33. The number of carbonyl (C=O) groups is 2. The molecule has 0 aliphatic heterocycles. The van der Waals surface area contributed by atoms with Gasteiger partial charge >= 0.3 is 5.97 Å². The van der Waals surface area contributed by atoms with Crippen molar-refractivity contribution in [1.82, 2.24) is 4.57 Å². The van der Waals surface area contributed by atoms with Gasteiger partial charge in [-0.3, -0.25) is 9.59 Å². The summed E-state index contributed by atoms with van der Waals surface area (Å²) in [5.74, 6) is -0.545. The van der Waals surface area contributed by atoms with Crippen LogP contribution in [0.2, 0.25) is 0 Å². The van der Waals surface area contributed by atoms with Crippen molar-refractivity contribution in [3.8, 4) is 0 Å². The van der Waals surface area contributed by atoms with E-state index < -0.39 is 0 Å². The second-order valence-corrected chi connectivity index (χ2v) is 7.88. The Morgan fingerprint density at radius 3 is 2.57 bits per heavy atom. The van der Waals surface area contributed by atoms with Crippen LogP contribution in [0.1, 0.15) is 18.9 Å². The number of aryl methyl sites for hydroxylation is 1. The molecule has 0 saturated heterocycles. The van der Waals surface area contributed by atoms with Gasteiger partial charge in [-0.15, -0.1) is 0 Å². The molecule has 0 spiro atoms. The van der Waals surface area contributed by atoms with E-state index in [4.69, 9.17) is 4.74 Å². The molecule has 4 aromatic rings. The van der Waals surface area contributed by atoms with Crippen LogP contribution in [0.25, 0.3) is 21.0 Å². The van der Waals surface area contributed by atoms with E-state index in [0.717, 1.165) is 26.6 Å². The normalized spacial score (nSPS) is 11.8. The molecule has 3 aromatic carbocycles. The fraction of sp³-hybridized carbons (Fsp3) is 0.208. The number of aromatic nitrogens is 1. The highest BCUT2D eigenvalue weighted by molar-refractivity contribution is 7.17. The number of hydrogen-bond donors (Lipinski definition) is 0. The molecule has 0 fully saturated rings. The van der Waals surface area contributed by atoms with Crippen LogP contribution in [-0.2, 0) is 27.3 Å². The van der Waals surface area contributed by atoms with Gasteiger partial charge < -0.3 is 9.30 Å². The Balaban J connectivity index is 1.74. The van der Waals surface area contributed by atoms with Crippen molar-refractivity contribution < 1.29 is 14.3 Å². The Labute approximate surface area is 178 Å². The minimum absolute atomic E-state index is 0.0248. The third-order valence-corrected chi connectivity index (χ3v) is 5.98. The largest absolute Gasteiger partial charge is 0.465 e. The van der Waals surface area contributed by atoms with Gasteiger partial charge in [-0.1, -0.05) is 72.0 Å². The van der Waals surface area contributed by atoms with Crippen LogP contribution in [0, 0.1) is 0 Å². The minimum atomic E-state index is -0.344. The third-order valence-electron chi connectivity index (χ3n) is 4.86. The number of nitrogens with zero attached hydrogens (tertiary/aromatic N) is 2. The highest BCUT2D eigenvalue weighted by atomic mass is 32.1. The van der Waals surface area contributed by atoms with Crippen molar-refractivity contribution in [2.24, 2.45) is 4.99 Å². The fourth-order valence-electron chi connectivity index (χ4n) is 3.43.